The van der Waals surface area contributed by atoms with Crippen molar-refractivity contribution >= 4 is 27.5 Å². The normalized spacial score (nSPS) is 13.5. The molecule has 0 N–H and O–H groups in total. The van der Waals surface area contributed by atoms with Crippen LogP contribution in [0.5, 0.6) is 11.5 Å². The Morgan fingerprint density at radius 1 is 1.19 bits per heavy atom. The summed E-state index contributed by atoms with van der Waals surface area (Å²) >= 11 is 1.43. The molecule has 0 fully saturated rings. The summed E-state index contributed by atoms with van der Waals surface area (Å²) in [6, 6.07) is 13.7. The van der Waals surface area contributed by atoms with Crippen molar-refractivity contribution in [2.24, 2.45) is 4.99 Å². The third-order valence-corrected chi connectivity index (χ3v) is 5.33. The second kappa shape index (κ2) is 7.68. The third kappa shape index (κ3) is 3.74. The van der Waals surface area contributed by atoms with Crippen LogP contribution in [0.2, 0.25) is 0 Å². The van der Waals surface area contributed by atoms with Gasteiger partial charge in [0.1, 0.15) is 13.2 Å². The van der Waals surface area contributed by atoms with Crippen LogP contribution in [-0.2, 0) is 17.8 Å². The van der Waals surface area contributed by atoms with E-state index in [0.717, 1.165) is 15.8 Å². The fourth-order valence-electron chi connectivity index (χ4n) is 2.99. The van der Waals surface area contributed by atoms with Crippen molar-refractivity contribution in [2.75, 3.05) is 13.2 Å². The Hall–Kier alpha value is -3.04. The molecule has 1 amide bonds. The molecule has 0 atom stereocenters. The van der Waals surface area contributed by atoms with E-state index in [2.05, 4.69) is 10.9 Å². The van der Waals surface area contributed by atoms with E-state index in [4.69, 9.17) is 15.9 Å². The Morgan fingerprint density at radius 2 is 1.93 bits per heavy atom. The lowest BCUT2D eigenvalue weighted by Gasteiger charge is -2.18. The van der Waals surface area contributed by atoms with Crippen molar-refractivity contribution in [3.8, 4) is 23.8 Å². The van der Waals surface area contributed by atoms with Crippen LogP contribution in [0.4, 0.5) is 0 Å². The number of ether oxygens (including phenoxy) is 2. The largest absolute Gasteiger partial charge is 0.486 e. The van der Waals surface area contributed by atoms with Gasteiger partial charge in [0.2, 0.25) is 5.91 Å². The highest BCUT2D eigenvalue weighted by molar-refractivity contribution is 7.16. The Labute approximate surface area is 160 Å². The lowest BCUT2D eigenvalue weighted by Crippen LogP contribution is -2.17. The van der Waals surface area contributed by atoms with Crippen molar-refractivity contribution in [2.45, 2.75) is 19.4 Å². The predicted molar refractivity (Wildman–Crippen MR) is 105 cm³/mol. The fraction of sp³-hybridized carbons (Fsp3) is 0.238. The number of benzene rings is 2. The lowest BCUT2D eigenvalue weighted by molar-refractivity contribution is -0.118. The van der Waals surface area contributed by atoms with Crippen LogP contribution in [0.3, 0.4) is 0 Å². The molecule has 1 aromatic heterocycles. The van der Waals surface area contributed by atoms with E-state index in [9.17, 15) is 4.79 Å². The average Bonchev–Trinajstić information content (AvgIpc) is 3.02. The minimum atomic E-state index is -0.159. The molecule has 0 bridgehead atoms. The molecule has 0 aliphatic carbocycles. The maximum Gasteiger partial charge on any atom is 0.248 e. The molecule has 0 radical (unpaired) electrons. The van der Waals surface area contributed by atoms with Crippen LogP contribution in [0.25, 0.3) is 10.2 Å². The minimum Gasteiger partial charge on any atom is -0.486 e. The van der Waals surface area contributed by atoms with Crippen molar-refractivity contribution < 1.29 is 14.3 Å². The van der Waals surface area contributed by atoms with Crippen molar-refractivity contribution in [1.29, 1.82) is 0 Å². The van der Waals surface area contributed by atoms with Gasteiger partial charge in [-0.25, -0.2) is 0 Å². The smallest absolute Gasteiger partial charge is 0.248 e. The molecule has 3 aromatic rings. The van der Waals surface area contributed by atoms with Gasteiger partial charge in [-0.2, -0.15) is 4.99 Å². The SMILES string of the molecule is C#CCn1c(=NC(=O)CCc2ccccc2)sc2cc3c(cc21)OCCO3. The quantitative estimate of drug-likeness (QED) is 0.656. The number of amides is 1. The van der Waals surface area contributed by atoms with Gasteiger partial charge in [-0.1, -0.05) is 47.6 Å². The van der Waals surface area contributed by atoms with Gasteiger partial charge in [0.05, 0.1) is 16.8 Å². The number of nitrogens with zero attached hydrogens (tertiary/aromatic N) is 2. The lowest BCUT2D eigenvalue weighted by atomic mass is 10.1. The van der Waals surface area contributed by atoms with E-state index < -0.39 is 0 Å². The Morgan fingerprint density at radius 3 is 2.67 bits per heavy atom. The summed E-state index contributed by atoms with van der Waals surface area (Å²) in [5, 5.41) is 0. The van der Waals surface area contributed by atoms with E-state index in [0.29, 0.717) is 48.9 Å². The van der Waals surface area contributed by atoms with Crippen LogP contribution >= 0.6 is 11.3 Å². The Bertz CT molecular complexity index is 1090. The van der Waals surface area contributed by atoms with Crippen molar-refractivity contribution in [3.05, 3.63) is 52.8 Å². The number of terminal acetylenes is 1. The van der Waals surface area contributed by atoms with E-state index in [1.165, 1.54) is 11.3 Å². The molecule has 1 aliphatic heterocycles. The second-order valence-corrected chi connectivity index (χ2v) is 7.14. The highest BCUT2D eigenvalue weighted by atomic mass is 32.1. The Balaban J connectivity index is 1.67. The molecule has 2 aromatic carbocycles. The van der Waals surface area contributed by atoms with Gasteiger partial charge in [0, 0.05) is 18.6 Å². The summed E-state index contributed by atoms with van der Waals surface area (Å²) in [6.45, 7) is 1.39. The fourth-order valence-corrected chi connectivity index (χ4v) is 4.05. The number of hydrogen-bond acceptors (Lipinski definition) is 4. The number of hydrogen-bond donors (Lipinski definition) is 0. The number of aromatic nitrogens is 1. The van der Waals surface area contributed by atoms with E-state index in [1.807, 2.05) is 47.0 Å². The molecule has 27 heavy (non-hydrogen) atoms. The zero-order valence-electron chi connectivity index (χ0n) is 14.7. The molecule has 4 rings (SSSR count). The Kier molecular flexibility index (Phi) is 4.95. The number of carbonyl (C=O) groups is 1. The number of aryl methyl sites for hydroxylation is 1. The van der Waals surface area contributed by atoms with Crippen molar-refractivity contribution in [1.82, 2.24) is 4.57 Å². The molecule has 1 aliphatic rings. The summed E-state index contributed by atoms with van der Waals surface area (Å²) in [7, 11) is 0. The zero-order valence-corrected chi connectivity index (χ0v) is 15.5. The average molecular weight is 378 g/mol. The highest BCUT2D eigenvalue weighted by Crippen LogP contribution is 2.35. The van der Waals surface area contributed by atoms with Crippen LogP contribution < -0.4 is 14.3 Å². The van der Waals surface area contributed by atoms with Gasteiger partial charge >= 0.3 is 0 Å². The highest BCUT2D eigenvalue weighted by Gasteiger charge is 2.16. The second-order valence-electron chi connectivity index (χ2n) is 6.13. The van der Waals surface area contributed by atoms with Crippen molar-refractivity contribution in [3.63, 3.8) is 0 Å². The molecule has 0 saturated heterocycles. The monoisotopic (exact) mass is 378 g/mol. The minimum absolute atomic E-state index is 0.159. The van der Waals surface area contributed by atoms with Gasteiger partial charge in [-0.3, -0.25) is 4.79 Å². The maximum atomic E-state index is 12.4. The molecule has 6 heteroatoms. The molecule has 5 nitrogen and oxygen atoms in total. The topological polar surface area (TPSA) is 52.8 Å². The first-order chi connectivity index (χ1) is 13.2. The summed E-state index contributed by atoms with van der Waals surface area (Å²) in [5.41, 5.74) is 2.02. The van der Waals surface area contributed by atoms with Crippen LogP contribution in [-0.4, -0.2) is 23.7 Å². The van der Waals surface area contributed by atoms with E-state index in [-0.39, 0.29) is 5.91 Å². The molecule has 0 unspecified atom stereocenters. The van der Waals surface area contributed by atoms with Gasteiger partial charge < -0.3 is 14.0 Å². The van der Waals surface area contributed by atoms with E-state index >= 15 is 0 Å². The summed E-state index contributed by atoms with van der Waals surface area (Å²) < 4.78 is 14.1. The van der Waals surface area contributed by atoms with Gasteiger partial charge in [-0.05, 0) is 12.0 Å². The first-order valence-corrected chi connectivity index (χ1v) is 9.54. The number of thiazole rings is 1. The first-order valence-electron chi connectivity index (χ1n) is 8.72. The van der Waals surface area contributed by atoms with Crippen LogP contribution in [0.15, 0.2) is 47.5 Å². The molecule has 0 spiro atoms. The summed E-state index contributed by atoms with van der Waals surface area (Å²) in [5.74, 6) is 3.89. The molecule has 2 heterocycles. The first kappa shape index (κ1) is 17.4. The maximum absolute atomic E-state index is 12.4. The molecule has 0 saturated carbocycles. The van der Waals surface area contributed by atoms with Crippen LogP contribution in [0, 0.1) is 12.3 Å². The van der Waals surface area contributed by atoms with Gasteiger partial charge in [0.25, 0.3) is 0 Å². The van der Waals surface area contributed by atoms with Gasteiger partial charge in [0.15, 0.2) is 16.3 Å². The number of fused-ring (bicyclic) bond motifs is 2. The van der Waals surface area contributed by atoms with Crippen LogP contribution in [0.1, 0.15) is 12.0 Å². The van der Waals surface area contributed by atoms with Gasteiger partial charge in [-0.15, -0.1) is 6.42 Å². The molecule has 136 valence electrons. The number of carbonyl (C=O) groups excluding carboxylic acids is 1. The third-order valence-electron chi connectivity index (χ3n) is 4.29. The molecular weight excluding hydrogens is 360 g/mol. The zero-order chi connectivity index (χ0) is 18.6. The van der Waals surface area contributed by atoms with E-state index in [1.54, 1.807) is 0 Å². The standard InChI is InChI=1S/C21H18N2O3S/c1-2-10-23-16-13-17-18(26-12-11-25-17)14-19(16)27-21(23)22-20(24)9-8-15-6-4-3-5-7-15/h1,3-7,13-14H,8-12H2. The molecular formula is C21H18N2O3S. The number of rotatable bonds is 4. The summed E-state index contributed by atoms with van der Waals surface area (Å²) in [4.78, 5) is 17.3. The predicted octanol–water partition coefficient (Wildman–Crippen LogP) is 3.17. The summed E-state index contributed by atoms with van der Waals surface area (Å²) in [6.07, 6.45) is 6.56.